The molecule has 2 saturated heterocycles. The summed E-state index contributed by atoms with van der Waals surface area (Å²) >= 11 is 0. The van der Waals surface area contributed by atoms with Crippen LogP contribution < -0.4 is 17.0 Å². The van der Waals surface area contributed by atoms with Gasteiger partial charge in [-0.1, -0.05) is 0 Å². The lowest BCUT2D eigenvalue weighted by molar-refractivity contribution is -0.0488. The fourth-order valence-electron chi connectivity index (χ4n) is 5.52. The molecule has 4 aromatic rings. The van der Waals surface area contributed by atoms with E-state index in [2.05, 4.69) is 29.9 Å². The van der Waals surface area contributed by atoms with E-state index in [4.69, 9.17) is 30.0 Å². The van der Waals surface area contributed by atoms with Crippen molar-refractivity contribution in [3.63, 3.8) is 0 Å². The van der Waals surface area contributed by atoms with Gasteiger partial charge in [0.2, 0.25) is 5.95 Å². The van der Waals surface area contributed by atoms with Gasteiger partial charge in [0.25, 0.3) is 5.56 Å². The average molecular weight is 692 g/mol. The third-order valence-electron chi connectivity index (χ3n) is 7.52. The van der Waals surface area contributed by atoms with Gasteiger partial charge >= 0.3 is 21.9 Å². The van der Waals surface area contributed by atoms with Crippen molar-refractivity contribution in [3.05, 3.63) is 29.1 Å². The predicted octanol–water partition coefficient (Wildman–Crippen LogP) is -2.50. The van der Waals surface area contributed by atoms with Crippen LogP contribution in [-0.4, -0.2) is 114 Å². The summed E-state index contributed by atoms with van der Waals surface area (Å²) in [5.74, 6) is -0.615. The van der Waals surface area contributed by atoms with Crippen LogP contribution in [0.5, 0.6) is 0 Å². The highest BCUT2D eigenvalue weighted by atomic mass is 31.2. The summed E-state index contributed by atoms with van der Waals surface area (Å²) in [6.07, 6.45) is -10.0. The van der Waals surface area contributed by atoms with E-state index in [0.717, 1.165) is 21.8 Å². The molecule has 2 aliphatic rings. The number of hydrogen-bond acceptors (Lipinski definition) is 17. The lowest BCUT2D eigenvalue weighted by Gasteiger charge is -2.27. The van der Waals surface area contributed by atoms with E-state index in [1.807, 2.05) is 0 Å². The first-order valence-corrected chi connectivity index (χ1v) is 16.2. The van der Waals surface area contributed by atoms with E-state index in [0.29, 0.717) is 0 Å². The molecule has 2 unspecified atom stereocenters. The molecule has 25 heteroatoms. The highest BCUT2D eigenvalue weighted by molar-refractivity contribution is 7.53. The monoisotopic (exact) mass is 692 g/mol. The molecule has 6 heterocycles. The number of halogens is 1. The number of aromatic amines is 1. The second-order valence-electron chi connectivity index (χ2n) is 10.3. The molecule has 0 spiro atoms. The SMILES string of the molecule is Nc1nc2c(ncn2[C@@H]2O[C@H](CCO)[C@@H](O)[C@H]2P(=O)(O)OC[C@H]2O[C@@H](n3cnc4c(N)nc(F)nc43)[C@H](O)[C@@H]2O[PH](=O)O)c(=O)[nH]1. The number of nitrogens with two attached hydrogens (primary N) is 2. The summed E-state index contributed by atoms with van der Waals surface area (Å²) in [7, 11) is -8.76. The summed E-state index contributed by atoms with van der Waals surface area (Å²) in [5, 5.41) is 31.5. The fraction of sp³-hybridized carbons (Fsp3) is 0.524. The zero-order valence-electron chi connectivity index (χ0n) is 23.1. The minimum Gasteiger partial charge on any atom is -0.396 e. The van der Waals surface area contributed by atoms with Gasteiger partial charge in [0.05, 0.1) is 31.5 Å². The van der Waals surface area contributed by atoms with Crippen LogP contribution in [0.1, 0.15) is 18.9 Å². The smallest absolute Gasteiger partial charge is 0.338 e. The number of nitrogens with one attached hydrogen (secondary N) is 1. The number of ether oxygens (including phenoxy) is 2. The first-order chi connectivity index (χ1) is 21.8. The second kappa shape index (κ2) is 12.3. The summed E-state index contributed by atoms with van der Waals surface area (Å²) in [5.41, 5.74) is 8.27. The van der Waals surface area contributed by atoms with Crippen LogP contribution in [0.25, 0.3) is 22.3 Å². The molecular weight excluding hydrogens is 665 g/mol. The zero-order chi connectivity index (χ0) is 33.1. The van der Waals surface area contributed by atoms with Gasteiger partial charge in [-0.15, -0.1) is 0 Å². The lowest BCUT2D eigenvalue weighted by Crippen LogP contribution is -2.36. The number of aliphatic hydroxyl groups excluding tert-OH is 3. The minimum absolute atomic E-state index is 0.0473. The van der Waals surface area contributed by atoms with Crippen LogP contribution in [0, 0.1) is 6.08 Å². The van der Waals surface area contributed by atoms with Crippen LogP contribution in [0.2, 0.25) is 0 Å². The Hall–Kier alpha value is -3.47. The normalized spacial score (nSPS) is 30.3. The highest BCUT2D eigenvalue weighted by Gasteiger charge is 2.56. The highest BCUT2D eigenvalue weighted by Crippen LogP contribution is 2.58. The standard InChI is InChI=1S/C21H27FN10O12P2/c22-20-27-14(23)8-15(28-20)31(4-25-8)18-11(35)12(44-45(37)38)7(43-18)3-41-46(39,40)13-10(34)6(1-2-33)42-19(13)32-5-26-9-16(32)29-21(24)30-17(9)36/h4-7,10-13,18-19,33-35,45H,1-3H2,(H,37,38)(H,39,40)(H2,23,27,28)(H3,24,29,30,36)/t6-,7-,10-,11-,12-,13-,18-,19-/m1/s1. The molecule has 0 amide bonds. The molecule has 0 aromatic carbocycles. The Morgan fingerprint density at radius 2 is 1.70 bits per heavy atom. The van der Waals surface area contributed by atoms with Crippen LogP contribution in [-0.2, 0) is 27.7 Å². The Kier molecular flexibility index (Phi) is 8.67. The molecule has 250 valence electrons. The third kappa shape index (κ3) is 5.69. The number of aliphatic hydroxyl groups is 3. The number of rotatable bonds is 10. The summed E-state index contributed by atoms with van der Waals surface area (Å²) in [6, 6.07) is 0. The molecule has 0 bridgehead atoms. The van der Waals surface area contributed by atoms with Crippen molar-refractivity contribution < 1.29 is 57.1 Å². The topological polar surface area (TPSA) is 331 Å². The van der Waals surface area contributed by atoms with Gasteiger partial charge in [-0.05, 0) is 6.42 Å². The van der Waals surface area contributed by atoms with Crippen molar-refractivity contribution in [1.29, 1.82) is 0 Å². The molecule has 10 atom stereocenters. The molecule has 6 rings (SSSR count). The third-order valence-corrected chi connectivity index (χ3v) is 9.82. The van der Waals surface area contributed by atoms with Crippen LogP contribution in [0.15, 0.2) is 17.4 Å². The van der Waals surface area contributed by atoms with Gasteiger partial charge in [-0.25, -0.2) is 9.97 Å². The zero-order valence-corrected chi connectivity index (χ0v) is 25.0. The molecule has 0 radical (unpaired) electrons. The lowest BCUT2D eigenvalue weighted by atomic mass is 10.1. The summed E-state index contributed by atoms with van der Waals surface area (Å²) in [4.78, 5) is 54.2. The first kappa shape index (κ1) is 32.5. The molecule has 0 aliphatic carbocycles. The average Bonchev–Trinajstić information content (AvgIpc) is 3.73. The van der Waals surface area contributed by atoms with Crippen molar-refractivity contribution in [1.82, 2.24) is 39.0 Å². The number of hydrogen-bond donors (Lipinski definition) is 8. The maximum absolute atomic E-state index is 13.9. The number of nitrogens with zero attached hydrogens (tertiary/aromatic N) is 7. The Balaban J connectivity index is 1.30. The summed E-state index contributed by atoms with van der Waals surface area (Å²) < 4.78 is 63.5. The predicted molar refractivity (Wildman–Crippen MR) is 149 cm³/mol. The summed E-state index contributed by atoms with van der Waals surface area (Å²) in [6.45, 7) is -1.33. The molecule has 4 aromatic heterocycles. The second-order valence-corrected chi connectivity index (χ2v) is 13.0. The molecule has 46 heavy (non-hydrogen) atoms. The maximum Gasteiger partial charge on any atom is 0.338 e. The van der Waals surface area contributed by atoms with Gasteiger partial charge in [0.15, 0.2) is 40.6 Å². The quantitative estimate of drug-likeness (QED) is 0.0629. The minimum atomic E-state index is -5.03. The van der Waals surface area contributed by atoms with Gasteiger partial charge in [-0.2, -0.15) is 19.3 Å². The van der Waals surface area contributed by atoms with E-state index in [-0.39, 0.29) is 40.5 Å². The Morgan fingerprint density at radius 3 is 2.39 bits per heavy atom. The van der Waals surface area contributed by atoms with Gasteiger partial charge in [0, 0.05) is 6.61 Å². The molecule has 2 fully saturated rings. The van der Waals surface area contributed by atoms with Gasteiger partial charge in [-0.3, -0.25) is 28.0 Å². The van der Waals surface area contributed by atoms with Crippen molar-refractivity contribution >= 4 is 49.9 Å². The van der Waals surface area contributed by atoms with Crippen LogP contribution in [0.4, 0.5) is 16.2 Å². The van der Waals surface area contributed by atoms with E-state index in [9.17, 15) is 43.4 Å². The number of anilines is 2. The van der Waals surface area contributed by atoms with Crippen LogP contribution >= 0.6 is 15.9 Å². The Labute approximate surface area is 255 Å². The molecule has 2 aliphatic heterocycles. The van der Waals surface area contributed by atoms with E-state index in [1.54, 1.807) is 0 Å². The van der Waals surface area contributed by atoms with Crippen molar-refractivity contribution in [2.75, 3.05) is 24.7 Å². The maximum atomic E-state index is 13.9. The Morgan fingerprint density at radius 1 is 1.04 bits per heavy atom. The van der Waals surface area contributed by atoms with Gasteiger partial charge < -0.3 is 55.1 Å². The van der Waals surface area contributed by atoms with E-state index >= 15 is 0 Å². The number of H-pyrrole nitrogens is 1. The largest absolute Gasteiger partial charge is 0.396 e. The van der Waals surface area contributed by atoms with E-state index in [1.165, 1.54) is 0 Å². The number of fused-ring (bicyclic) bond motifs is 2. The van der Waals surface area contributed by atoms with Crippen molar-refractivity contribution in [3.8, 4) is 0 Å². The first-order valence-electron chi connectivity index (χ1n) is 13.3. The molecule has 22 nitrogen and oxygen atoms in total. The molecular formula is C21H27FN10O12P2. The Bertz CT molecular complexity index is 1910. The number of imidazole rings is 2. The fourth-order valence-corrected chi connectivity index (χ4v) is 7.69. The number of aromatic nitrogens is 8. The van der Waals surface area contributed by atoms with Crippen LogP contribution in [0.3, 0.4) is 0 Å². The van der Waals surface area contributed by atoms with Crippen molar-refractivity contribution in [2.45, 2.75) is 55.1 Å². The van der Waals surface area contributed by atoms with Crippen molar-refractivity contribution in [2.24, 2.45) is 0 Å². The molecule has 10 N–H and O–H groups in total. The van der Waals surface area contributed by atoms with E-state index < -0.39 is 89.3 Å². The molecule has 0 saturated carbocycles. The van der Waals surface area contributed by atoms with Gasteiger partial charge in [0.1, 0.15) is 24.0 Å². The number of nitrogen functional groups attached to an aromatic ring is 2.